The molecule has 0 bridgehead atoms. The van der Waals surface area contributed by atoms with Gasteiger partial charge in [0.15, 0.2) is 0 Å². The van der Waals surface area contributed by atoms with Gasteiger partial charge in [0.2, 0.25) is 0 Å². The zero-order valence-corrected chi connectivity index (χ0v) is 19.0. The van der Waals surface area contributed by atoms with E-state index in [0.717, 1.165) is 50.2 Å². The summed E-state index contributed by atoms with van der Waals surface area (Å²) in [5.74, 6) is 1.62. The maximum absolute atomic E-state index is 12.6. The Morgan fingerprint density at radius 2 is 1.90 bits per heavy atom. The summed E-state index contributed by atoms with van der Waals surface area (Å²) in [5.41, 5.74) is 7.76. The van der Waals surface area contributed by atoms with Crippen molar-refractivity contribution in [1.29, 1.82) is 0 Å². The second-order valence-corrected chi connectivity index (χ2v) is 8.21. The van der Waals surface area contributed by atoms with E-state index in [1.807, 2.05) is 18.2 Å². The Balaban J connectivity index is 1.40. The molecule has 31 heavy (non-hydrogen) atoms. The summed E-state index contributed by atoms with van der Waals surface area (Å²) in [6, 6.07) is 11.2. The van der Waals surface area contributed by atoms with Gasteiger partial charge in [0, 0.05) is 12.6 Å². The van der Waals surface area contributed by atoms with Crippen molar-refractivity contribution in [2.75, 3.05) is 46.1 Å². The highest BCUT2D eigenvalue weighted by molar-refractivity contribution is 6.33. The summed E-state index contributed by atoms with van der Waals surface area (Å²) in [6.07, 6.45) is 5.35. The standard InChI is InChI=1S/C24H31ClN3O3/c1-30-22-8-4-3-6-18(22)7-5-11-28-12-9-17(10-13-28)16-27-24(29)19-14-21(26)20(25)15-23(19)31-2/h3-4,6-8,14-15,17H,5,9-13,16,26H2,1-2H3,(H,27,29). The third-order valence-electron chi connectivity index (χ3n) is 5.77. The number of nitrogens with zero attached hydrogens (tertiary/aromatic N) is 1. The number of nitrogens with two attached hydrogens (primary N) is 1. The van der Waals surface area contributed by atoms with E-state index in [9.17, 15) is 4.79 Å². The van der Waals surface area contributed by atoms with Crippen molar-refractivity contribution in [2.24, 2.45) is 5.92 Å². The number of rotatable bonds is 9. The van der Waals surface area contributed by atoms with Gasteiger partial charge in [-0.1, -0.05) is 29.8 Å². The van der Waals surface area contributed by atoms with Crippen molar-refractivity contribution in [3.05, 3.63) is 59.0 Å². The molecule has 0 spiro atoms. The molecule has 1 aliphatic heterocycles. The minimum absolute atomic E-state index is 0.186. The van der Waals surface area contributed by atoms with E-state index in [0.29, 0.717) is 34.5 Å². The second-order valence-electron chi connectivity index (χ2n) is 7.80. The number of anilines is 1. The number of piperidine rings is 1. The fourth-order valence-electron chi connectivity index (χ4n) is 3.90. The highest BCUT2D eigenvalue weighted by atomic mass is 35.5. The first-order chi connectivity index (χ1) is 15.0. The molecule has 6 nitrogen and oxygen atoms in total. The van der Waals surface area contributed by atoms with E-state index in [1.165, 1.54) is 7.11 Å². The van der Waals surface area contributed by atoms with Crippen molar-refractivity contribution < 1.29 is 14.3 Å². The van der Waals surface area contributed by atoms with E-state index in [4.69, 9.17) is 26.8 Å². The summed E-state index contributed by atoms with van der Waals surface area (Å²) in [7, 11) is 3.22. The summed E-state index contributed by atoms with van der Waals surface area (Å²) in [4.78, 5) is 15.1. The summed E-state index contributed by atoms with van der Waals surface area (Å²) >= 11 is 6.02. The van der Waals surface area contributed by atoms with E-state index >= 15 is 0 Å². The quantitative estimate of drug-likeness (QED) is 0.571. The SMILES string of the molecule is COc1ccccc1[CH]CCN1CCC(CNC(=O)c2cc(N)c(Cl)cc2OC)CC1. The summed E-state index contributed by atoms with van der Waals surface area (Å²) in [6.45, 7) is 3.75. The van der Waals surface area contributed by atoms with Crippen molar-refractivity contribution >= 4 is 23.2 Å². The number of halogens is 1. The van der Waals surface area contributed by atoms with Crippen LogP contribution in [0.4, 0.5) is 5.69 Å². The van der Waals surface area contributed by atoms with Gasteiger partial charge >= 0.3 is 0 Å². The lowest BCUT2D eigenvalue weighted by molar-refractivity contribution is 0.0933. The molecule has 1 amide bonds. The molecule has 0 aliphatic carbocycles. The van der Waals surface area contributed by atoms with Gasteiger partial charge in [-0.25, -0.2) is 0 Å². The van der Waals surface area contributed by atoms with Crippen LogP contribution in [0.2, 0.25) is 5.02 Å². The number of hydrogen-bond acceptors (Lipinski definition) is 5. The predicted octanol–water partition coefficient (Wildman–Crippen LogP) is 4.02. The van der Waals surface area contributed by atoms with Crippen molar-refractivity contribution in [1.82, 2.24) is 10.2 Å². The minimum atomic E-state index is -0.186. The molecule has 2 aromatic carbocycles. The van der Waals surface area contributed by atoms with Gasteiger partial charge < -0.3 is 25.4 Å². The third-order valence-corrected chi connectivity index (χ3v) is 6.10. The van der Waals surface area contributed by atoms with Gasteiger partial charge in [-0.15, -0.1) is 0 Å². The average molecular weight is 445 g/mol. The monoisotopic (exact) mass is 444 g/mol. The average Bonchev–Trinajstić information content (AvgIpc) is 2.80. The zero-order chi connectivity index (χ0) is 22.2. The Kier molecular flexibility index (Phi) is 8.43. The fraction of sp³-hybridized carbons (Fsp3) is 0.417. The highest BCUT2D eigenvalue weighted by Crippen LogP contribution is 2.29. The number of hydrogen-bond donors (Lipinski definition) is 2. The van der Waals surface area contributed by atoms with Gasteiger partial charge in [0.1, 0.15) is 11.5 Å². The van der Waals surface area contributed by atoms with Crippen LogP contribution in [0, 0.1) is 12.3 Å². The smallest absolute Gasteiger partial charge is 0.255 e. The number of methoxy groups -OCH3 is 2. The molecule has 1 aliphatic rings. The third kappa shape index (κ3) is 6.28. The van der Waals surface area contributed by atoms with Crippen LogP contribution in [-0.2, 0) is 0 Å². The van der Waals surface area contributed by atoms with Crippen LogP contribution in [0.1, 0.15) is 35.2 Å². The molecule has 7 heteroatoms. The number of nitrogens with one attached hydrogen (secondary N) is 1. The normalized spacial score (nSPS) is 14.9. The number of benzene rings is 2. The Morgan fingerprint density at radius 3 is 2.61 bits per heavy atom. The molecule has 0 atom stereocenters. The lowest BCUT2D eigenvalue weighted by Gasteiger charge is -2.32. The van der Waals surface area contributed by atoms with E-state index < -0.39 is 0 Å². The van der Waals surface area contributed by atoms with Crippen LogP contribution >= 0.6 is 11.6 Å². The highest BCUT2D eigenvalue weighted by Gasteiger charge is 2.21. The number of carbonyl (C=O) groups is 1. The first-order valence-electron chi connectivity index (χ1n) is 10.6. The lowest BCUT2D eigenvalue weighted by atomic mass is 9.96. The Morgan fingerprint density at radius 1 is 1.19 bits per heavy atom. The number of likely N-dealkylation sites (tertiary alicyclic amines) is 1. The molecule has 0 saturated carbocycles. The van der Waals surface area contributed by atoms with E-state index in [2.05, 4.69) is 22.7 Å². The van der Waals surface area contributed by atoms with Crippen LogP contribution in [0.15, 0.2) is 36.4 Å². The largest absolute Gasteiger partial charge is 0.496 e. The van der Waals surface area contributed by atoms with Crippen LogP contribution in [0.3, 0.4) is 0 Å². The van der Waals surface area contributed by atoms with Crippen LogP contribution in [-0.4, -0.2) is 51.2 Å². The molecular weight excluding hydrogens is 414 g/mol. The Labute approximate surface area is 189 Å². The molecule has 0 unspecified atom stereocenters. The van der Waals surface area contributed by atoms with Gasteiger partial charge in [-0.3, -0.25) is 4.79 Å². The molecule has 1 fully saturated rings. The number of para-hydroxylation sites is 1. The molecular formula is C24H31ClN3O3. The Hall–Kier alpha value is -2.44. The molecule has 0 aromatic heterocycles. The van der Waals surface area contributed by atoms with Gasteiger partial charge in [0.25, 0.3) is 5.91 Å². The molecule has 3 rings (SSSR count). The number of carbonyl (C=O) groups excluding carboxylic acids is 1. The lowest BCUT2D eigenvalue weighted by Crippen LogP contribution is -2.39. The van der Waals surface area contributed by atoms with Crippen molar-refractivity contribution in [2.45, 2.75) is 19.3 Å². The van der Waals surface area contributed by atoms with Gasteiger partial charge in [-0.05, 0) is 68.9 Å². The van der Waals surface area contributed by atoms with Crippen LogP contribution in [0.5, 0.6) is 11.5 Å². The fourth-order valence-corrected chi connectivity index (χ4v) is 4.06. The summed E-state index contributed by atoms with van der Waals surface area (Å²) < 4.78 is 10.7. The Bertz CT molecular complexity index is 882. The second kappa shape index (κ2) is 11.3. The van der Waals surface area contributed by atoms with Gasteiger partial charge in [-0.2, -0.15) is 0 Å². The number of ether oxygens (including phenoxy) is 2. The van der Waals surface area contributed by atoms with Gasteiger partial charge in [0.05, 0.1) is 30.5 Å². The van der Waals surface area contributed by atoms with Crippen molar-refractivity contribution in [3.63, 3.8) is 0 Å². The first-order valence-corrected chi connectivity index (χ1v) is 11.0. The summed E-state index contributed by atoms with van der Waals surface area (Å²) in [5, 5.41) is 3.40. The van der Waals surface area contributed by atoms with Crippen LogP contribution < -0.4 is 20.5 Å². The molecule has 1 radical (unpaired) electrons. The van der Waals surface area contributed by atoms with Crippen LogP contribution in [0.25, 0.3) is 0 Å². The van der Waals surface area contributed by atoms with Crippen molar-refractivity contribution in [3.8, 4) is 11.5 Å². The topological polar surface area (TPSA) is 76.8 Å². The first kappa shape index (κ1) is 23.2. The number of nitrogen functional groups attached to an aromatic ring is 1. The molecule has 167 valence electrons. The maximum Gasteiger partial charge on any atom is 0.255 e. The minimum Gasteiger partial charge on any atom is -0.496 e. The predicted molar refractivity (Wildman–Crippen MR) is 125 cm³/mol. The van der Waals surface area contributed by atoms with E-state index in [-0.39, 0.29) is 5.91 Å². The van der Waals surface area contributed by atoms with E-state index in [1.54, 1.807) is 19.2 Å². The molecule has 3 N–H and O–H groups in total. The molecule has 2 aromatic rings. The molecule has 1 saturated heterocycles. The zero-order valence-electron chi connectivity index (χ0n) is 18.2. The maximum atomic E-state index is 12.6. The number of amides is 1. The molecule has 1 heterocycles.